The van der Waals surface area contributed by atoms with Crippen molar-refractivity contribution in [2.24, 2.45) is 0 Å². The Morgan fingerprint density at radius 1 is 1.03 bits per heavy atom. The molecule has 1 N–H and O–H groups in total. The second kappa shape index (κ2) is 7.98. The first-order chi connectivity index (χ1) is 14.2. The van der Waals surface area contributed by atoms with Crippen LogP contribution in [0.2, 0.25) is 0 Å². The Morgan fingerprint density at radius 3 is 2.52 bits per heavy atom. The molecule has 6 nitrogen and oxygen atoms in total. The Morgan fingerprint density at radius 2 is 1.79 bits per heavy atom. The van der Waals surface area contributed by atoms with Crippen molar-refractivity contribution in [2.45, 2.75) is 6.54 Å². The molecule has 1 aromatic carbocycles. The highest BCUT2D eigenvalue weighted by atomic mass is 16.5. The summed E-state index contributed by atoms with van der Waals surface area (Å²) in [6, 6.07) is 18.5. The van der Waals surface area contributed by atoms with E-state index in [1.54, 1.807) is 42.2 Å². The SMILES string of the molecule is COc1ccc(-c2cc3ccccn3c2C(=O)C(=O)NCc2ccncc2)cc1. The number of hydrogen-bond acceptors (Lipinski definition) is 4. The molecule has 3 heterocycles. The number of carbonyl (C=O) groups excluding carboxylic acids is 2. The largest absolute Gasteiger partial charge is 0.497 e. The maximum absolute atomic E-state index is 13.1. The van der Waals surface area contributed by atoms with E-state index in [-0.39, 0.29) is 6.54 Å². The second-order valence-corrected chi connectivity index (χ2v) is 6.50. The number of nitrogens with zero attached hydrogens (tertiary/aromatic N) is 2. The molecule has 0 aliphatic heterocycles. The van der Waals surface area contributed by atoms with E-state index in [0.717, 1.165) is 22.4 Å². The van der Waals surface area contributed by atoms with Gasteiger partial charge in [-0.25, -0.2) is 0 Å². The summed E-state index contributed by atoms with van der Waals surface area (Å²) in [5.41, 5.74) is 3.57. The minimum Gasteiger partial charge on any atom is -0.497 e. The molecular formula is C23H19N3O3. The molecule has 0 atom stereocenters. The van der Waals surface area contributed by atoms with Crippen molar-refractivity contribution < 1.29 is 14.3 Å². The zero-order chi connectivity index (χ0) is 20.2. The summed E-state index contributed by atoms with van der Waals surface area (Å²) < 4.78 is 6.96. The van der Waals surface area contributed by atoms with Crippen LogP contribution in [-0.2, 0) is 11.3 Å². The maximum Gasteiger partial charge on any atom is 0.294 e. The average molecular weight is 385 g/mol. The maximum atomic E-state index is 13.1. The lowest BCUT2D eigenvalue weighted by atomic mass is 10.0. The monoisotopic (exact) mass is 385 g/mol. The van der Waals surface area contributed by atoms with Crippen molar-refractivity contribution in [3.05, 3.63) is 90.5 Å². The highest BCUT2D eigenvalue weighted by molar-refractivity contribution is 6.43. The smallest absolute Gasteiger partial charge is 0.294 e. The number of nitrogens with one attached hydrogen (secondary N) is 1. The van der Waals surface area contributed by atoms with Crippen molar-refractivity contribution in [3.63, 3.8) is 0 Å². The van der Waals surface area contributed by atoms with Crippen LogP contribution >= 0.6 is 0 Å². The fourth-order valence-corrected chi connectivity index (χ4v) is 3.22. The molecule has 0 saturated heterocycles. The summed E-state index contributed by atoms with van der Waals surface area (Å²) in [7, 11) is 1.60. The van der Waals surface area contributed by atoms with Crippen LogP contribution in [0.15, 0.2) is 79.3 Å². The topological polar surface area (TPSA) is 72.7 Å². The standard InChI is InChI=1S/C23H19N3O3/c1-29-19-7-5-17(6-8-19)20-14-18-4-2-3-13-26(18)21(20)22(27)23(28)25-15-16-9-11-24-12-10-16/h2-14H,15H2,1H3,(H,25,28). The number of amides is 1. The van der Waals surface area contributed by atoms with Crippen LogP contribution in [0.1, 0.15) is 16.1 Å². The number of ketones is 1. The lowest BCUT2D eigenvalue weighted by Gasteiger charge is -2.08. The van der Waals surface area contributed by atoms with Gasteiger partial charge in [-0.2, -0.15) is 0 Å². The molecule has 0 fully saturated rings. The first kappa shape index (κ1) is 18.4. The summed E-state index contributed by atoms with van der Waals surface area (Å²) in [6.07, 6.45) is 5.07. The quantitative estimate of drug-likeness (QED) is 0.407. The first-order valence-electron chi connectivity index (χ1n) is 9.13. The highest BCUT2D eigenvalue weighted by Gasteiger charge is 2.24. The summed E-state index contributed by atoms with van der Waals surface area (Å²) >= 11 is 0. The predicted octanol–water partition coefficient (Wildman–Crippen LogP) is 3.51. The Labute approximate surface area is 167 Å². The highest BCUT2D eigenvalue weighted by Crippen LogP contribution is 2.29. The molecule has 6 heteroatoms. The van der Waals surface area contributed by atoms with Crippen molar-refractivity contribution in [2.75, 3.05) is 7.11 Å². The van der Waals surface area contributed by atoms with Crippen molar-refractivity contribution in [3.8, 4) is 16.9 Å². The third-order valence-electron chi connectivity index (χ3n) is 4.70. The lowest BCUT2D eigenvalue weighted by Crippen LogP contribution is -2.31. The van der Waals surface area contributed by atoms with Crippen LogP contribution in [0.5, 0.6) is 5.75 Å². The van der Waals surface area contributed by atoms with Gasteiger partial charge in [-0.3, -0.25) is 14.6 Å². The predicted molar refractivity (Wildman–Crippen MR) is 110 cm³/mol. The van der Waals surface area contributed by atoms with Crippen LogP contribution in [0, 0.1) is 0 Å². The molecule has 4 rings (SSSR count). The van der Waals surface area contributed by atoms with Gasteiger partial charge in [0.2, 0.25) is 0 Å². The van der Waals surface area contributed by atoms with E-state index in [1.807, 2.05) is 48.5 Å². The van der Waals surface area contributed by atoms with E-state index in [4.69, 9.17) is 4.74 Å². The third kappa shape index (κ3) is 3.73. The summed E-state index contributed by atoms with van der Waals surface area (Å²) in [6.45, 7) is 0.258. The number of hydrogen-bond donors (Lipinski definition) is 1. The van der Waals surface area contributed by atoms with E-state index >= 15 is 0 Å². The fourth-order valence-electron chi connectivity index (χ4n) is 3.22. The normalized spacial score (nSPS) is 10.7. The molecule has 0 aliphatic carbocycles. The molecule has 0 saturated carbocycles. The zero-order valence-electron chi connectivity index (χ0n) is 15.8. The number of carbonyl (C=O) groups is 2. The second-order valence-electron chi connectivity index (χ2n) is 6.50. The van der Waals surface area contributed by atoms with Gasteiger partial charge in [0.25, 0.3) is 11.7 Å². The molecule has 3 aromatic heterocycles. The summed E-state index contributed by atoms with van der Waals surface area (Å²) in [5, 5.41) is 2.70. The van der Waals surface area contributed by atoms with Gasteiger partial charge < -0.3 is 14.5 Å². The van der Waals surface area contributed by atoms with Gasteiger partial charge in [0.05, 0.1) is 7.11 Å². The van der Waals surface area contributed by atoms with E-state index < -0.39 is 11.7 Å². The van der Waals surface area contributed by atoms with E-state index in [2.05, 4.69) is 10.3 Å². The molecule has 0 spiro atoms. The van der Waals surface area contributed by atoms with Gasteiger partial charge in [-0.05, 0) is 53.6 Å². The average Bonchev–Trinajstić information content (AvgIpc) is 3.17. The van der Waals surface area contributed by atoms with Gasteiger partial charge in [-0.15, -0.1) is 0 Å². The van der Waals surface area contributed by atoms with E-state index in [1.165, 1.54) is 0 Å². The summed E-state index contributed by atoms with van der Waals surface area (Å²) in [5.74, 6) is -0.517. The van der Waals surface area contributed by atoms with Gasteiger partial charge in [0.15, 0.2) is 0 Å². The molecule has 4 aromatic rings. The summed E-state index contributed by atoms with van der Waals surface area (Å²) in [4.78, 5) is 29.7. The van der Waals surface area contributed by atoms with Crippen molar-refractivity contribution in [1.82, 2.24) is 14.7 Å². The van der Waals surface area contributed by atoms with Gasteiger partial charge in [-0.1, -0.05) is 18.2 Å². The molecule has 0 radical (unpaired) electrons. The molecule has 1 amide bonds. The van der Waals surface area contributed by atoms with Crippen molar-refractivity contribution in [1.29, 1.82) is 0 Å². The number of pyridine rings is 2. The Kier molecular flexibility index (Phi) is 5.07. The number of benzene rings is 1. The van der Waals surface area contributed by atoms with Crippen LogP contribution in [0.25, 0.3) is 16.6 Å². The van der Waals surface area contributed by atoms with Crippen molar-refractivity contribution >= 4 is 17.2 Å². The van der Waals surface area contributed by atoms with Crippen LogP contribution < -0.4 is 10.1 Å². The third-order valence-corrected chi connectivity index (χ3v) is 4.70. The van der Waals surface area contributed by atoms with E-state index in [0.29, 0.717) is 11.3 Å². The Bertz CT molecular complexity index is 1170. The number of fused-ring (bicyclic) bond motifs is 1. The molecule has 0 unspecified atom stereocenters. The van der Waals surface area contributed by atoms with Crippen LogP contribution in [0.3, 0.4) is 0 Å². The van der Waals surface area contributed by atoms with E-state index in [9.17, 15) is 9.59 Å². The van der Waals surface area contributed by atoms with Gasteiger partial charge >= 0.3 is 0 Å². The number of Topliss-reactive ketones (excluding diaryl/α,β-unsaturated/α-hetero) is 1. The molecule has 144 valence electrons. The minimum absolute atomic E-state index is 0.258. The lowest BCUT2D eigenvalue weighted by molar-refractivity contribution is -0.117. The number of methoxy groups -OCH3 is 1. The fraction of sp³-hybridized carbons (Fsp3) is 0.0870. The molecular weight excluding hydrogens is 366 g/mol. The van der Waals surface area contributed by atoms with Crippen LogP contribution in [-0.4, -0.2) is 28.2 Å². The van der Waals surface area contributed by atoms with Gasteiger partial charge in [0.1, 0.15) is 11.4 Å². The number of aromatic nitrogens is 2. The Balaban J connectivity index is 1.69. The first-order valence-corrected chi connectivity index (χ1v) is 9.13. The minimum atomic E-state index is -0.652. The number of rotatable bonds is 6. The molecule has 29 heavy (non-hydrogen) atoms. The Hall–Kier alpha value is -3.93. The van der Waals surface area contributed by atoms with Gasteiger partial charge in [0, 0.05) is 36.2 Å². The zero-order valence-corrected chi connectivity index (χ0v) is 15.8. The molecule has 0 aliphatic rings. The number of ether oxygens (including phenoxy) is 1. The van der Waals surface area contributed by atoms with Crippen LogP contribution in [0.4, 0.5) is 0 Å². The molecule has 0 bridgehead atoms.